The van der Waals surface area contributed by atoms with Crippen molar-refractivity contribution >= 4 is 34.6 Å². The number of nitrogens with one attached hydrogen (secondary N) is 2. The van der Waals surface area contributed by atoms with E-state index in [-0.39, 0.29) is 53.5 Å². The first-order valence-electron chi connectivity index (χ1n) is 13.0. The van der Waals surface area contributed by atoms with Crippen LogP contribution in [0, 0.1) is 5.82 Å². The Bertz CT molecular complexity index is 1560. The number of ether oxygens (including phenoxy) is 1. The third kappa shape index (κ3) is 9.11. The predicted octanol–water partition coefficient (Wildman–Crippen LogP) is 3.23. The standard InChI is InChI=1S/C27H31F4N7O5/c1-36(2)21(39)10-6-5-9-19(43-26(42)37(3)4)24(40)33-18-8-7-13-38(25(18)41)15-20-34-22-16(28)14-32-17(23(22)35-20)11-12-27(29,30)31/h6-8,10,13-14,19H,5,9,11-12,15H2,1-4H3,(H,33,40)(H,34,35)/b10-6+. The molecule has 232 valence electrons. The van der Waals surface area contributed by atoms with Gasteiger partial charge in [-0.25, -0.2) is 14.2 Å². The number of likely N-dealkylation sites (N-methyl/N-ethyl adjacent to an activating group) is 1. The number of imidazole rings is 1. The molecule has 3 amide bonds. The Labute approximate surface area is 243 Å². The van der Waals surface area contributed by atoms with Crippen molar-refractivity contribution in [3.63, 3.8) is 0 Å². The van der Waals surface area contributed by atoms with Crippen molar-refractivity contribution in [2.75, 3.05) is 33.5 Å². The van der Waals surface area contributed by atoms with E-state index in [1.165, 1.54) is 49.5 Å². The normalized spacial score (nSPS) is 12.4. The van der Waals surface area contributed by atoms with Crippen LogP contribution < -0.4 is 10.9 Å². The van der Waals surface area contributed by atoms with Gasteiger partial charge in [-0.2, -0.15) is 13.2 Å². The molecule has 2 N–H and O–H groups in total. The molecule has 3 aromatic heterocycles. The minimum absolute atomic E-state index is 0.0105. The summed E-state index contributed by atoms with van der Waals surface area (Å²) in [5, 5.41) is 2.45. The number of nitrogens with zero attached hydrogens (tertiary/aromatic N) is 5. The molecule has 12 nitrogen and oxygen atoms in total. The Balaban J connectivity index is 1.80. The average molecular weight is 610 g/mol. The average Bonchev–Trinajstić information content (AvgIpc) is 3.36. The third-order valence-electron chi connectivity index (χ3n) is 6.04. The molecule has 3 rings (SSSR count). The number of aromatic nitrogens is 4. The smallest absolute Gasteiger partial charge is 0.410 e. The van der Waals surface area contributed by atoms with Crippen LogP contribution in [-0.4, -0.2) is 87.7 Å². The van der Waals surface area contributed by atoms with Gasteiger partial charge < -0.3 is 29.4 Å². The molecule has 43 heavy (non-hydrogen) atoms. The SMILES string of the molecule is CN(C)C(=O)/C=C/CCC(OC(=O)N(C)C)C(=O)Nc1cccn(Cc2nc3c(F)cnc(CCC(F)(F)F)c3[nH]2)c1=O. The first-order valence-corrected chi connectivity index (χ1v) is 13.0. The number of H-pyrrole nitrogens is 1. The van der Waals surface area contributed by atoms with Gasteiger partial charge in [0, 0.05) is 47.2 Å². The number of hydrogen-bond acceptors (Lipinski definition) is 7. The van der Waals surface area contributed by atoms with Crippen molar-refractivity contribution in [1.82, 2.24) is 29.3 Å². The summed E-state index contributed by atoms with van der Waals surface area (Å²) in [7, 11) is 6.02. The predicted molar refractivity (Wildman–Crippen MR) is 148 cm³/mol. The summed E-state index contributed by atoms with van der Waals surface area (Å²) in [6, 6.07) is 2.78. The van der Waals surface area contributed by atoms with Gasteiger partial charge in [0.15, 0.2) is 11.9 Å². The summed E-state index contributed by atoms with van der Waals surface area (Å²) in [5.41, 5.74) is -1.09. The minimum Gasteiger partial charge on any atom is -0.436 e. The lowest BCUT2D eigenvalue weighted by molar-refractivity contribution is -0.134. The molecular weight excluding hydrogens is 578 g/mol. The summed E-state index contributed by atoms with van der Waals surface area (Å²) in [6.07, 6.45) is -2.95. The van der Waals surface area contributed by atoms with Gasteiger partial charge in [0.25, 0.3) is 11.5 Å². The van der Waals surface area contributed by atoms with Crippen molar-refractivity contribution in [1.29, 1.82) is 0 Å². The highest BCUT2D eigenvalue weighted by Crippen LogP contribution is 2.25. The molecule has 0 bridgehead atoms. The van der Waals surface area contributed by atoms with Crippen LogP contribution in [0.3, 0.4) is 0 Å². The number of rotatable bonds is 11. The molecule has 0 saturated carbocycles. The number of carbonyl (C=O) groups excluding carboxylic acids is 3. The van der Waals surface area contributed by atoms with Crippen molar-refractivity contribution in [3.8, 4) is 0 Å². The molecule has 0 fully saturated rings. The number of alkyl halides is 3. The second-order valence-electron chi connectivity index (χ2n) is 9.90. The molecule has 0 spiro atoms. The number of halogens is 4. The first kappa shape index (κ1) is 32.8. The van der Waals surface area contributed by atoms with Crippen LogP contribution in [0.1, 0.15) is 30.8 Å². The first-order chi connectivity index (χ1) is 20.2. The maximum absolute atomic E-state index is 14.3. The molecule has 3 aromatic rings. The highest BCUT2D eigenvalue weighted by molar-refractivity contribution is 5.95. The number of aryl methyl sites for hydroxylation is 1. The Hall–Kier alpha value is -4.76. The van der Waals surface area contributed by atoms with E-state index >= 15 is 0 Å². The van der Waals surface area contributed by atoms with E-state index in [2.05, 4.69) is 20.3 Å². The quantitative estimate of drug-likeness (QED) is 0.251. The molecule has 16 heteroatoms. The number of carbonyl (C=O) groups is 3. The number of aromatic amines is 1. The van der Waals surface area contributed by atoms with Gasteiger partial charge in [0.2, 0.25) is 5.91 Å². The zero-order valence-electron chi connectivity index (χ0n) is 23.9. The second kappa shape index (κ2) is 13.9. The zero-order valence-corrected chi connectivity index (χ0v) is 23.9. The number of amides is 3. The van der Waals surface area contributed by atoms with Gasteiger partial charge in [-0.1, -0.05) is 6.08 Å². The van der Waals surface area contributed by atoms with Gasteiger partial charge >= 0.3 is 12.3 Å². The fourth-order valence-electron chi connectivity index (χ4n) is 3.77. The van der Waals surface area contributed by atoms with Gasteiger partial charge in [0.1, 0.15) is 17.0 Å². The number of hydrogen-bond donors (Lipinski definition) is 2. The number of pyridine rings is 2. The molecular formula is C27H31F4N7O5. The monoisotopic (exact) mass is 609 g/mol. The van der Waals surface area contributed by atoms with E-state index in [0.717, 1.165) is 15.7 Å². The van der Waals surface area contributed by atoms with E-state index < -0.39 is 48.5 Å². The molecule has 1 atom stereocenters. The Morgan fingerprint density at radius 2 is 1.91 bits per heavy atom. The van der Waals surface area contributed by atoms with Crippen molar-refractivity contribution in [3.05, 3.63) is 64.4 Å². The largest absolute Gasteiger partial charge is 0.436 e. The van der Waals surface area contributed by atoms with Crippen LogP contribution in [0.15, 0.2) is 41.5 Å². The van der Waals surface area contributed by atoms with E-state index in [1.54, 1.807) is 14.1 Å². The van der Waals surface area contributed by atoms with Crippen LogP contribution in [0.5, 0.6) is 0 Å². The lowest BCUT2D eigenvalue weighted by atomic mass is 10.1. The molecule has 0 aromatic carbocycles. The number of anilines is 1. The second-order valence-corrected chi connectivity index (χ2v) is 9.90. The van der Waals surface area contributed by atoms with Crippen LogP contribution in [0.2, 0.25) is 0 Å². The van der Waals surface area contributed by atoms with Crippen molar-refractivity contribution < 1.29 is 36.7 Å². The summed E-state index contributed by atoms with van der Waals surface area (Å²) in [6.45, 7) is -0.237. The highest BCUT2D eigenvalue weighted by Gasteiger charge is 2.28. The van der Waals surface area contributed by atoms with Gasteiger partial charge in [-0.05, 0) is 31.1 Å². The van der Waals surface area contributed by atoms with Crippen LogP contribution in [0.25, 0.3) is 11.0 Å². The minimum atomic E-state index is -4.44. The zero-order chi connectivity index (χ0) is 31.9. The Kier molecular flexibility index (Phi) is 10.6. The number of fused-ring (bicyclic) bond motifs is 1. The maximum atomic E-state index is 14.3. The Morgan fingerprint density at radius 3 is 2.56 bits per heavy atom. The molecule has 0 aliphatic carbocycles. The van der Waals surface area contributed by atoms with Crippen molar-refractivity contribution in [2.24, 2.45) is 0 Å². The lowest BCUT2D eigenvalue weighted by Crippen LogP contribution is -2.37. The third-order valence-corrected chi connectivity index (χ3v) is 6.04. The molecule has 0 radical (unpaired) electrons. The van der Waals surface area contributed by atoms with Gasteiger partial charge in [0.05, 0.1) is 24.0 Å². The Morgan fingerprint density at radius 1 is 1.19 bits per heavy atom. The summed E-state index contributed by atoms with van der Waals surface area (Å²) < 4.78 is 58.9. The van der Waals surface area contributed by atoms with Crippen molar-refractivity contribution in [2.45, 2.75) is 44.5 Å². The van der Waals surface area contributed by atoms with E-state index in [9.17, 15) is 36.7 Å². The molecule has 0 saturated heterocycles. The van der Waals surface area contributed by atoms with E-state index in [1.807, 2.05) is 0 Å². The summed E-state index contributed by atoms with van der Waals surface area (Å²) >= 11 is 0. The molecule has 1 unspecified atom stereocenters. The van der Waals surface area contributed by atoms with Crippen LogP contribution in [0.4, 0.5) is 28.0 Å². The van der Waals surface area contributed by atoms with Crippen LogP contribution >= 0.6 is 0 Å². The summed E-state index contributed by atoms with van der Waals surface area (Å²) in [4.78, 5) is 63.2. The summed E-state index contributed by atoms with van der Waals surface area (Å²) in [5.74, 6) is -1.83. The highest BCUT2D eigenvalue weighted by atomic mass is 19.4. The maximum Gasteiger partial charge on any atom is 0.410 e. The topological polar surface area (TPSA) is 143 Å². The fourth-order valence-corrected chi connectivity index (χ4v) is 3.77. The van der Waals surface area contributed by atoms with Gasteiger partial charge in [-0.15, -0.1) is 0 Å². The molecule has 3 heterocycles. The fraction of sp³-hybridized carbons (Fsp3) is 0.407. The van der Waals surface area contributed by atoms with E-state index in [4.69, 9.17) is 4.74 Å². The molecule has 0 aliphatic rings. The van der Waals surface area contributed by atoms with Crippen LogP contribution in [-0.2, 0) is 27.3 Å². The van der Waals surface area contributed by atoms with E-state index in [0.29, 0.717) is 0 Å². The lowest BCUT2D eigenvalue weighted by Gasteiger charge is -2.19. The van der Waals surface area contributed by atoms with Gasteiger partial charge in [-0.3, -0.25) is 19.4 Å². The number of allylic oxidation sites excluding steroid dienone is 1. The molecule has 0 aliphatic heterocycles.